The second kappa shape index (κ2) is 8.75. The predicted molar refractivity (Wildman–Crippen MR) is 109 cm³/mol. The number of carbonyl (C=O) groups is 1. The lowest BCUT2D eigenvalue weighted by Crippen LogP contribution is -2.46. The first-order chi connectivity index (χ1) is 13.2. The molecule has 2 heterocycles. The van der Waals surface area contributed by atoms with E-state index in [2.05, 4.69) is 20.9 Å². The number of rotatable bonds is 6. The van der Waals surface area contributed by atoms with Crippen LogP contribution in [-0.2, 0) is 0 Å². The Labute approximate surface area is 161 Å². The molecular formula is C21H28N4O2. The number of ether oxygens (including phenoxy) is 1. The molecule has 1 amide bonds. The average molecular weight is 368 g/mol. The third kappa shape index (κ3) is 4.15. The van der Waals surface area contributed by atoms with Crippen LogP contribution in [0.4, 0.5) is 11.4 Å². The number of anilines is 2. The highest BCUT2D eigenvalue weighted by molar-refractivity contribution is 5.94. The van der Waals surface area contributed by atoms with Crippen molar-refractivity contribution in [2.75, 3.05) is 56.2 Å². The number of piperazine rings is 1. The highest BCUT2D eigenvalue weighted by Gasteiger charge is 2.21. The highest BCUT2D eigenvalue weighted by Crippen LogP contribution is 2.29. The molecule has 1 saturated heterocycles. The lowest BCUT2D eigenvalue weighted by molar-refractivity contribution is 0.0772. The van der Waals surface area contributed by atoms with Gasteiger partial charge in [0, 0.05) is 45.5 Å². The largest absolute Gasteiger partial charge is 0.495 e. The van der Waals surface area contributed by atoms with Crippen LogP contribution in [0.15, 0.2) is 42.7 Å². The molecule has 0 atom stereocenters. The zero-order valence-electron chi connectivity index (χ0n) is 16.4. The van der Waals surface area contributed by atoms with Gasteiger partial charge in [-0.15, -0.1) is 0 Å². The van der Waals surface area contributed by atoms with Crippen LogP contribution in [0.3, 0.4) is 0 Å². The van der Waals surface area contributed by atoms with Crippen LogP contribution in [0.1, 0.15) is 24.2 Å². The topological polar surface area (TPSA) is 48.9 Å². The Morgan fingerprint density at radius 2 is 1.74 bits per heavy atom. The van der Waals surface area contributed by atoms with E-state index in [1.54, 1.807) is 13.3 Å². The minimum absolute atomic E-state index is 0.0435. The molecule has 1 aromatic carbocycles. The lowest BCUT2D eigenvalue weighted by atomic mass is 10.2. The minimum Gasteiger partial charge on any atom is -0.495 e. The van der Waals surface area contributed by atoms with Crippen LogP contribution in [0.25, 0.3) is 0 Å². The summed E-state index contributed by atoms with van der Waals surface area (Å²) in [5.74, 6) is 0.946. The van der Waals surface area contributed by atoms with Crippen molar-refractivity contribution in [1.82, 2.24) is 9.88 Å². The summed E-state index contributed by atoms with van der Waals surface area (Å²) in [5, 5.41) is 0. The van der Waals surface area contributed by atoms with Gasteiger partial charge in [0.2, 0.25) is 0 Å². The second-order valence-corrected chi connectivity index (χ2v) is 6.56. The number of carbonyl (C=O) groups excluding carboxylic acids is 1. The molecule has 144 valence electrons. The number of nitrogens with zero attached hydrogens (tertiary/aromatic N) is 4. The number of hydrogen-bond acceptors (Lipinski definition) is 5. The molecule has 3 rings (SSSR count). The fourth-order valence-electron chi connectivity index (χ4n) is 3.51. The number of pyridine rings is 1. The highest BCUT2D eigenvalue weighted by atomic mass is 16.5. The van der Waals surface area contributed by atoms with Gasteiger partial charge in [0.05, 0.1) is 30.2 Å². The Kier molecular flexibility index (Phi) is 6.16. The molecule has 0 radical (unpaired) electrons. The van der Waals surface area contributed by atoms with Gasteiger partial charge in [0.15, 0.2) is 0 Å². The van der Waals surface area contributed by atoms with Crippen molar-refractivity contribution in [1.29, 1.82) is 0 Å². The SMILES string of the molecule is CCN(CC)C(=O)c1cncc(N2CCN(c3ccccc3OC)CC2)c1. The third-order valence-electron chi connectivity index (χ3n) is 5.09. The van der Waals surface area contributed by atoms with Crippen LogP contribution in [0.5, 0.6) is 5.75 Å². The fraction of sp³-hybridized carbons (Fsp3) is 0.429. The molecule has 0 unspecified atom stereocenters. The van der Waals surface area contributed by atoms with Crippen LogP contribution >= 0.6 is 0 Å². The number of amides is 1. The van der Waals surface area contributed by atoms with Gasteiger partial charge in [-0.05, 0) is 32.0 Å². The van der Waals surface area contributed by atoms with Crippen molar-refractivity contribution in [2.45, 2.75) is 13.8 Å². The molecule has 1 aliphatic heterocycles. The van der Waals surface area contributed by atoms with Crippen LogP contribution in [0.2, 0.25) is 0 Å². The van der Waals surface area contributed by atoms with E-state index in [4.69, 9.17) is 4.74 Å². The van der Waals surface area contributed by atoms with Gasteiger partial charge in [0.25, 0.3) is 5.91 Å². The smallest absolute Gasteiger partial charge is 0.255 e. The van der Waals surface area contributed by atoms with Crippen molar-refractivity contribution in [3.63, 3.8) is 0 Å². The van der Waals surface area contributed by atoms with E-state index in [9.17, 15) is 4.79 Å². The Bertz CT molecular complexity index is 768. The van der Waals surface area contributed by atoms with Gasteiger partial charge in [-0.1, -0.05) is 12.1 Å². The lowest BCUT2D eigenvalue weighted by Gasteiger charge is -2.37. The zero-order chi connectivity index (χ0) is 19.2. The van der Waals surface area contributed by atoms with Crippen molar-refractivity contribution in [2.24, 2.45) is 0 Å². The maximum Gasteiger partial charge on any atom is 0.255 e. The summed E-state index contributed by atoms with van der Waals surface area (Å²) < 4.78 is 5.49. The number of hydrogen-bond donors (Lipinski definition) is 0. The molecule has 1 aliphatic rings. The first-order valence-electron chi connectivity index (χ1n) is 9.55. The van der Waals surface area contributed by atoms with Gasteiger partial charge < -0.3 is 19.4 Å². The van der Waals surface area contributed by atoms with Crippen LogP contribution < -0.4 is 14.5 Å². The predicted octanol–water partition coefficient (Wildman–Crippen LogP) is 2.90. The van der Waals surface area contributed by atoms with E-state index in [1.807, 2.05) is 49.2 Å². The summed E-state index contributed by atoms with van der Waals surface area (Å²) in [7, 11) is 1.71. The summed E-state index contributed by atoms with van der Waals surface area (Å²) in [4.78, 5) is 23.4. The summed E-state index contributed by atoms with van der Waals surface area (Å²) in [6.45, 7) is 8.95. The fourth-order valence-corrected chi connectivity index (χ4v) is 3.51. The molecule has 1 fully saturated rings. The second-order valence-electron chi connectivity index (χ2n) is 6.56. The van der Waals surface area contributed by atoms with E-state index < -0.39 is 0 Å². The Balaban J connectivity index is 1.69. The Morgan fingerprint density at radius 1 is 1.07 bits per heavy atom. The standard InChI is InChI=1S/C21H28N4O2/c1-4-23(5-2)21(26)17-14-18(16-22-15-17)24-10-12-25(13-11-24)19-8-6-7-9-20(19)27-3/h6-9,14-16H,4-5,10-13H2,1-3H3. The molecule has 0 spiro atoms. The molecule has 27 heavy (non-hydrogen) atoms. The first-order valence-corrected chi connectivity index (χ1v) is 9.55. The summed E-state index contributed by atoms with van der Waals surface area (Å²) in [5.41, 5.74) is 2.79. The number of methoxy groups -OCH3 is 1. The molecule has 2 aromatic rings. The van der Waals surface area contributed by atoms with Crippen molar-refractivity contribution >= 4 is 17.3 Å². The molecular weight excluding hydrogens is 340 g/mol. The van der Waals surface area contributed by atoms with E-state index >= 15 is 0 Å². The van der Waals surface area contributed by atoms with Gasteiger partial charge in [-0.25, -0.2) is 0 Å². The van der Waals surface area contributed by atoms with Crippen molar-refractivity contribution in [3.05, 3.63) is 48.3 Å². The Hall–Kier alpha value is -2.76. The maximum atomic E-state index is 12.6. The van der Waals surface area contributed by atoms with Crippen LogP contribution in [0, 0.1) is 0 Å². The molecule has 0 bridgehead atoms. The molecule has 6 heteroatoms. The van der Waals surface area contributed by atoms with Crippen LogP contribution in [-0.4, -0.2) is 62.2 Å². The summed E-state index contributed by atoms with van der Waals surface area (Å²) >= 11 is 0. The molecule has 0 aliphatic carbocycles. The molecule has 0 saturated carbocycles. The van der Waals surface area contributed by atoms with Gasteiger partial charge >= 0.3 is 0 Å². The number of benzene rings is 1. The third-order valence-corrected chi connectivity index (χ3v) is 5.09. The summed E-state index contributed by atoms with van der Waals surface area (Å²) in [6.07, 6.45) is 3.51. The maximum absolute atomic E-state index is 12.6. The van der Waals surface area contributed by atoms with Gasteiger partial charge in [-0.3, -0.25) is 9.78 Å². The quantitative estimate of drug-likeness (QED) is 0.785. The van der Waals surface area contributed by atoms with E-state index in [-0.39, 0.29) is 5.91 Å². The first kappa shape index (κ1) is 19.0. The monoisotopic (exact) mass is 368 g/mol. The average Bonchev–Trinajstić information content (AvgIpc) is 2.74. The van der Waals surface area contributed by atoms with Gasteiger partial charge in [-0.2, -0.15) is 0 Å². The molecule has 6 nitrogen and oxygen atoms in total. The number of para-hydroxylation sites is 2. The normalized spacial score (nSPS) is 14.2. The molecule has 0 N–H and O–H groups in total. The van der Waals surface area contributed by atoms with Crippen molar-refractivity contribution in [3.8, 4) is 5.75 Å². The zero-order valence-corrected chi connectivity index (χ0v) is 16.4. The van der Waals surface area contributed by atoms with E-state index in [0.717, 1.165) is 43.3 Å². The van der Waals surface area contributed by atoms with Crippen molar-refractivity contribution < 1.29 is 9.53 Å². The minimum atomic E-state index is 0.0435. The van der Waals surface area contributed by atoms with E-state index in [1.165, 1.54) is 0 Å². The Morgan fingerprint density at radius 3 is 2.41 bits per heavy atom. The van der Waals surface area contributed by atoms with Gasteiger partial charge in [0.1, 0.15) is 5.75 Å². The number of aromatic nitrogens is 1. The van der Waals surface area contributed by atoms with E-state index in [0.29, 0.717) is 18.7 Å². The summed E-state index contributed by atoms with van der Waals surface area (Å²) in [6, 6.07) is 10.1. The molecule has 1 aromatic heterocycles.